The molecule has 0 spiro atoms. The van der Waals surface area contributed by atoms with Crippen LogP contribution >= 0.6 is 23.1 Å². The largest absolute Gasteiger partial charge is 0.493 e. The highest BCUT2D eigenvalue weighted by molar-refractivity contribution is 8.00. The number of methoxy groups -OCH3 is 3. The second-order valence-electron chi connectivity index (χ2n) is 7.48. The van der Waals surface area contributed by atoms with Gasteiger partial charge in [-0.3, -0.25) is 4.79 Å². The summed E-state index contributed by atoms with van der Waals surface area (Å²) in [7, 11) is 4.61. The number of thioether (sulfide) groups is 1. The van der Waals surface area contributed by atoms with Crippen LogP contribution in [0.3, 0.4) is 0 Å². The molecule has 0 atom stereocenters. The highest BCUT2D eigenvalue weighted by Gasteiger charge is 2.19. The zero-order valence-electron chi connectivity index (χ0n) is 18.9. The molecular formula is C22H27N5O4S2. The maximum atomic E-state index is 12.7. The zero-order chi connectivity index (χ0) is 23.2. The number of nitrogens with one attached hydrogen (secondary N) is 1. The molecule has 0 radical (unpaired) electrons. The van der Waals surface area contributed by atoms with Gasteiger partial charge in [0.25, 0.3) is 0 Å². The van der Waals surface area contributed by atoms with Crippen molar-refractivity contribution in [1.29, 1.82) is 0 Å². The number of carbonyl (C=O) groups is 1. The molecule has 0 aliphatic carbocycles. The van der Waals surface area contributed by atoms with Crippen LogP contribution < -0.4 is 24.4 Å². The molecule has 2 aromatic heterocycles. The molecule has 1 saturated heterocycles. The van der Waals surface area contributed by atoms with E-state index in [1.165, 1.54) is 65.1 Å². The summed E-state index contributed by atoms with van der Waals surface area (Å²) in [5, 5.41) is 4.63. The van der Waals surface area contributed by atoms with Gasteiger partial charge in [0.1, 0.15) is 16.1 Å². The van der Waals surface area contributed by atoms with E-state index >= 15 is 0 Å². The number of fused-ring (bicyclic) bond motifs is 1. The van der Waals surface area contributed by atoms with Crippen molar-refractivity contribution < 1.29 is 19.0 Å². The molecule has 4 rings (SSSR count). The van der Waals surface area contributed by atoms with Gasteiger partial charge in [-0.05, 0) is 12.8 Å². The third-order valence-electron chi connectivity index (χ3n) is 5.31. The van der Waals surface area contributed by atoms with Gasteiger partial charge in [0.05, 0.1) is 27.1 Å². The molecule has 1 amide bonds. The van der Waals surface area contributed by atoms with Crippen molar-refractivity contribution >= 4 is 50.2 Å². The summed E-state index contributed by atoms with van der Waals surface area (Å²) in [6.45, 7) is 2.04. The number of nitrogens with zero attached hydrogens (tertiary/aromatic N) is 4. The number of carbonyl (C=O) groups excluding carboxylic acids is 1. The summed E-state index contributed by atoms with van der Waals surface area (Å²) in [6, 6.07) is 3.40. The minimum atomic E-state index is -0.168. The monoisotopic (exact) mass is 489 g/mol. The molecule has 176 valence electrons. The molecule has 1 aliphatic rings. The predicted molar refractivity (Wildman–Crippen MR) is 131 cm³/mol. The Balaban J connectivity index is 1.45. The fourth-order valence-electron chi connectivity index (χ4n) is 3.71. The first-order chi connectivity index (χ1) is 16.1. The lowest BCUT2D eigenvalue weighted by atomic mass is 10.2. The molecule has 11 heteroatoms. The first-order valence-electron chi connectivity index (χ1n) is 10.7. The van der Waals surface area contributed by atoms with Crippen molar-refractivity contribution in [3.63, 3.8) is 0 Å². The summed E-state index contributed by atoms with van der Waals surface area (Å²) in [4.78, 5) is 28.5. The van der Waals surface area contributed by atoms with E-state index in [4.69, 9.17) is 19.2 Å². The number of anilines is 2. The predicted octanol–water partition coefficient (Wildman–Crippen LogP) is 4.22. The highest BCUT2D eigenvalue weighted by atomic mass is 32.2. The van der Waals surface area contributed by atoms with Crippen molar-refractivity contribution in [2.45, 2.75) is 30.7 Å². The Kier molecular flexibility index (Phi) is 7.71. The molecular weight excluding hydrogens is 462 g/mol. The van der Waals surface area contributed by atoms with Gasteiger partial charge in [-0.15, -0.1) is 0 Å². The van der Waals surface area contributed by atoms with Crippen LogP contribution in [0, 0.1) is 0 Å². The fraction of sp³-hybridized carbons (Fsp3) is 0.455. The lowest BCUT2D eigenvalue weighted by Crippen LogP contribution is -2.23. The summed E-state index contributed by atoms with van der Waals surface area (Å²) in [5.41, 5.74) is 1.24. The van der Waals surface area contributed by atoms with E-state index in [9.17, 15) is 4.79 Å². The van der Waals surface area contributed by atoms with E-state index < -0.39 is 0 Å². The van der Waals surface area contributed by atoms with Crippen molar-refractivity contribution in [3.8, 4) is 17.2 Å². The molecule has 33 heavy (non-hydrogen) atoms. The number of benzene rings is 1. The number of hydrogen-bond acceptors (Lipinski definition) is 10. The van der Waals surface area contributed by atoms with Gasteiger partial charge in [-0.1, -0.05) is 35.9 Å². The van der Waals surface area contributed by atoms with Gasteiger partial charge in [0.15, 0.2) is 22.3 Å². The van der Waals surface area contributed by atoms with Crippen LogP contribution in [0.1, 0.15) is 25.7 Å². The van der Waals surface area contributed by atoms with Crippen LogP contribution in [0.25, 0.3) is 10.3 Å². The Hall–Kier alpha value is -2.79. The molecule has 1 fully saturated rings. The number of aromatic nitrogens is 3. The number of rotatable bonds is 8. The molecule has 0 bridgehead atoms. The normalized spacial score (nSPS) is 14.1. The van der Waals surface area contributed by atoms with Crippen LogP contribution in [0.5, 0.6) is 17.2 Å². The summed E-state index contributed by atoms with van der Waals surface area (Å²) in [5.74, 6) is 1.45. The number of thiazole rings is 1. The minimum absolute atomic E-state index is 0.168. The lowest BCUT2D eigenvalue weighted by Gasteiger charge is -2.18. The second kappa shape index (κ2) is 10.9. The lowest BCUT2D eigenvalue weighted by molar-refractivity contribution is -0.113. The Morgan fingerprint density at radius 1 is 1.06 bits per heavy atom. The second-order valence-corrected chi connectivity index (χ2v) is 9.42. The van der Waals surface area contributed by atoms with E-state index in [2.05, 4.69) is 20.2 Å². The molecule has 3 aromatic rings. The van der Waals surface area contributed by atoms with E-state index in [1.54, 1.807) is 23.5 Å². The third kappa shape index (κ3) is 5.41. The molecule has 0 saturated carbocycles. The molecule has 1 aromatic carbocycles. The summed E-state index contributed by atoms with van der Waals surface area (Å²) < 4.78 is 16.9. The molecule has 1 N–H and O–H groups in total. The van der Waals surface area contributed by atoms with Crippen molar-refractivity contribution in [2.75, 3.05) is 50.4 Å². The maximum Gasteiger partial charge on any atom is 0.234 e. The summed E-state index contributed by atoms with van der Waals surface area (Å²) in [6.07, 6.45) is 6.41. The number of ether oxygens (including phenoxy) is 3. The first-order valence-corrected chi connectivity index (χ1v) is 12.5. The van der Waals surface area contributed by atoms with E-state index in [-0.39, 0.29) is 11.7 Å². The van der Waals surface area contributed by atoms with Gasteiger partial charge in [0, 0.05) is 30.9 Å². The van der Waals surface area contributed by atoms with Crippen LogP contribution in [-0.4, -0.2) is 61.0 Å². The Morgan fingerprint density at radius 3 is 2.39 bits per heavy atom. The van der Waals surface area contributed by atoms with E-state index in [0.717, 1.165) is 27.9 Å². The molecule has 0 unspecified atom stereocenters. The van der Waals surface area contributed by atoms with Gasteiger partial charge < -0.3 is 24.4 Å². The highest BCUT2D eigenvalue weighted by Crippen LogP contribution is 2.40. The average Bonchev–Trinajstić information content (AvgIpc) is 3.09. The van der Waals surface area contributed by atoms with Crippen molar-refractivity contribution in [2.24, 2.45) is 0 Å². The quantitative estimate of drug-likeness (QED) is 0.368. The Morgan fingerprint density at radius 2 is 1.76 bits per heavy atom. The molecule has 1 aliphatic heterocycles. The van der Waals surface area contributed by atoms with Gasteiger partial charge in [-0.2, -0.15) is 4.98 Å². The van der Waals surface area contributed by atoms with Gasteiger partial charge in [-0.25, -0.2) is 9.97 Å². The van der Waals surface area contributed by atoms with Crippen LogP contribution in [-0.2, 0) is 4.79 Å². The number of amides is 1. The van der Waals surface area contributed by atoms with Gasteiger partial charge >= 0.3 is 0 Å². The van der Waals surface area contributed by atoms with Crippen LogP contribution in [0.2, 0.25) is 0 Å². The van der Waals surface area contributed by atoms with Gasteiger partial charge in [0.2, 0.25) is 11.7 Å². The Labute approximate surface area is 200 Å². The maximum absolute atomic E-state index is 12.7. The first kappa shape index (κ1) is 23.4. The smallest absolute Gasteiger partial charge is 0.234 e. The number of hydrogen-bond donors (Lipinski definition) is 1. The Bertz CT molecular complexity index is 1090. The standard InChI is InChI=1S/C22H27N5O4S2/c1-29-15-10-14(11-16(30-2)18(15)31-3)25-17(28)12-32-21-19-20(23-13-24-21)26-22(33-19)27-8-6-4-5-7-9-27/h10-11,13H,4-9,12H2,1-3H3,(H,25,28). The third-order valence-corrected chi connectivity index (χ3v) is 7.54. The summed E-state index contributed by atoms with van der Waals surface area (Å²) >= 11 is 2.97. The SMILES string of the molecule is COc1cc(NC(=O)CSc2ncnc3nc(N4CCCCCC4)sc23)cc(OC)c1OC. The van der Waals surface area contributed by atoms with E-state index in [0.29, 0.717) is 28.6 Å². The van der Waals surface area contributed by atoms with Crippen LogP contribution in [0.15, 0.2) is 23.5 Å². The topological polar surface area (TPSA) is 98.7 Å². The minimum Gasteiger partial charge on any atom is -0.493 e. The van der Waals surface area contributed by atoms with E-state index in [1.807, 2.05) is 0 Å². The average molecular weight is 490 g/mol. The molecule has 3 heterocycles. The van der Waals surface area contributed by atoms with Crippen LogP contribution in [0.4, 0.5) is 10.8 Å². The zero-order valence-corrected chi connectivity index (χ0v) is 20.6. The molecule has 9 nitrogen and oxygen atoms in total. The van der Waals surface area contributed by atoms with Crippen molar-refractivity contribution in [3.05, 3.63) is 18.5 Å². The van der Waals surface area contributed by atoms with Crippen molar-refractivity contribution in [1.82, 2.24) is 15.0 Å². The fourth-order valence-corrected chi connectivity index (χ4v) is 5.65.